The van der Waals surface area contributed by atoms with Crippen molar-refractivity contribution in [1.29, 1.82) is 0 Å². The summed E-state index contributed by atoms with van der Waals surface area (Å²) in [5, 5.41) is 4.86. The van der Waals surface area contributed by atoms with E-state index in [-0.39, 0.29) is 0 Å². The van der Waals surface area contributed by atoms with Crippen LogP contribution in [0, 0.1) is 0 Å². The van der Waals surface area contributed by atoms with Crippen LogP contribution >= 0.6 is 0 Å². The first-order valence-electron chi connectivity index (χ1n) is 7.29. The molecule has 1 saturated heterocycles. The molecule has 1 fully saturated rings. The van der Waals surface area contributed by atoms with Crippen LogP contribution in [0.4, 0.5) is 0 Å². The van der Waals surface area contributed by atoms with E-state index < -0.39 is 0 Å². The average Bonchev–Trinajstić information content (AvgIpc) is 3.13. The second-order valence-corrected chi connectivity index (χ2v) is 5.30. The van der Waals surface area contributed by atoms with E-state index in [0.717, 1.165) is 13.0 Å². The Labute approximate surface area is 119 Å². The van der Waals surface area contributed by atoms with Crippen LogP contribution in [0.3, 0.4) is 0 Å². The molecule has 20 heavy (non-hydrogen) atoms. The summed E-state index contributed by atoms with van der Waals surface area (Å²) in [5.74, 6) is 0. The van der Waals surface area contributed by atoms with Crippen molar-refractivity contribution in [3.8, 4) is 0 Å². The van der Waals surface area contributed by atoms with Crippen molar-refractivity contribution >= 4 is 17.1 Å². The predicted octanol–water partition coefficient (Wildman–Crippen LogP) is 3.09. The van der Waals surface area contributed by atoms with Crippen LogP contribution in [0.2, 0.25) is 0 Å². The number of aromatic nitrogens is 1. The zero-order valence-corrected chi connectivity index (χ0v) is 11.9. The summed E-state index contributed by atoms with van der Waals surface area (Å²) in [6.07, 6.45) is 9.84. The second-order valence-electron chi connectivity index (χ2n) is 5.30. The SMILES string of the molecule is CN=C/C(=C\Cc1c[nH]c2ccccc12)C1CCCN1. The fraction of sp³-hybridized carbons (Fsp3) is 0.353. The van der Waals surface area contributed by atoms with Crippen LogP contribution < -0.4 is 5.32 Å². The molecule has 0 spiro atoms. The van der Waals surface area contributed by atoms with Crippen LogP contribution in [0.25, 0.3) is 10.9 Å². The van der Waals surface area contributed by atoms with Crippen LogP contribution in [-0.4, -0.2) is 30.8 Å². The van der Waals surface area contributed by atoms with Gasteiger partial charge in [-0.3, -0.25) is 4.99 Å². The van der Waals surface area contributed by atoms with Gasteiger partial charge in [-0.15, -0.1) is 0 Å². The van der Waals surface area contributed by atoms with Crippen molar-refractivity contribution in [3.63, 3.8) is 0 Å². The van der Waals surface area contributed by atoms with Gasteiger partial charge in [0.05, 0.1) is 0 Å². The highest BCUT2D eigenvalue weighted by Crippen LogP contribution is 2.20. The third kappa shape index (κ3) is 2.68. The van der Waals surface area contributed by atoms with Gasteiger partial charge in [-0.1, -0.05) is 24.3 Å². The van der Waals surface area contributed by atoms with Gasteiger partial charge in [-0.2, -0.15) is 0 Å². The first-order chi connectivity index (χ1) is 9.88. The summed E-state index contributed by atoms with van der Waals surface area (Å²) in [6.45, 7) is 1.12. The molecular formula is C17H21N3. The summed E-state index contributed by atoms with van der Waals surface area (Å²) in [7, 11) is 1.84. The fourth-order valence-corrected chi connectivity index (χ4v) is 2.93. The number of hydrogen-bond donors (Lipinski definition) is 2. The number of allylic oxidation sites excluding steroid dienone is 1. The minimum atomic E-state index is 0.476. The van der Waals surface area contributed by atoms with Crippen molar-refractivity contribution < 1.29 is 0 Å². The molecule has 0 aliphatic carbocycles. The predicted molar refractivity (Wildman–Crippen MR) is 85.5 cm³/mol. The number of nitrogens with one attached hydrogen (secondary N) is 2. The van der Waals surface area contributed by atoms with E-state index in [1.54, 1.807) is 0 Å². The minimum absolute atomic E-state index is 0.476. The normalized spacial score (nSPS) is 20.2. The molecule has 0 bridgehead atoms. The van der Waals surface area contributed by atoms with Crippen LogP contribution in [0.5, 0.6) is 0 Å². The van der Waals surface area contributed by atoms with Gasteiger partial charge in [0.15, 0.2) is 0 Å². The number of aliphatic imine (C=N–C) groups is 1. The minimum Gasteiger partial charge on any atom is -0.361 e. The quantitative estimate of drug-likeness (QED) is 0.821. The Hall–Kier alpha value is -1.87. The number of para-hydroxylation sites is 1. The highest BCUT2D eigenvalue weighted by molar-refractivity contribution is 5.84. The van der Waals surface area contributed by atoms with Gasteiger partial charge < -0.3 is 10.3 Å². The van der Waals surface area contributed by atoms with Crippen molar-refractivity contribution in [2.75, 3.05) is 13.6 Å². The van der Waals surface area contributed by atoms with E-state index in [1.165, 1.54) is 34.9 Å². The van der Waals surface area contributed by atoms with Crippen molar-refractivity contribution in [2.45, 2.75) is 25.3 Å². The first-order valence-corrected chi connectivity index (χ1v) is 7.29. The van der Waals surface area contributed by atoms with E-state index in [1.807, 2.05) is 13.3 Å². The maximum atomic E-state index is 4.20. The Kier molecular flexibility index (Phi) is 3.97. The molecule has 1 aliphatic rings. The largest absolute Gasteiger partial charge is 0.361 e. The average molecular weight is 267 g/mol. The van der Waals surface area contributed by atoms with Gasteiger partial charge in [0, 0.05) is 36.4 Å². The summed E-state index contributed by atoms with van der Waals surface area (Å²) in [4.78, 5) is 7.54. The maximum Gasteiger partial charge on any atom is 0.0456 e. The van der Waals surface area contributed by atoms with Gasteiger partial charge in [0.25, 0.3) is 0 Å². The molecule has 0 saturated carbocycles. The molecule has 3 rings (SSSR count). The number of fused-ring (bicyclic) bond motifs is 1. The number of hydrogen-bond acceptors (Lipinski definition) is 2. The fourth-order valence-electron chi connectivity index (χ4n) is 2.93. The molecule has 1 atom stereocenters. The molecule has 2 N–H and O–H groups in total. The zero-order valence-electron chi connectivity index (χ0n) is 11.9. The lowest BCUT2D eigenvalue weighted by molar-refractivity contribution is 0.709. The number of benzene rings is 1. The lowest BCUT2D eigenvalue weighted by atomic mass is 10.0. The smallest absolute Gasteiger partial charge is 0.0456 e. The maximum absolute atomic E-state index is 4.20. The second kappa shape index (κ2) is 6.06. The third-order valence-corrected chi connectivity index (χ3v) is 3.97. The molecular weight excluding hydrogens is 246 g/mol. The molecule has 2 heterocycles. The van der Waals surface area contributed by atoms with Gasteiger partial charge in [0.2, 0.25) is 0 Å². The van der Waals surface area contributed by atoms with Crippen LogP contribution in [-0.2, 0) is 6.42 Å². The summed E-state index contributed by atoms with van der Waals surface area (Å²) in [6, 6.07) is 8.93. The molecule has 104 valence electrons. The standard InChI is InChI=1S/C17H21N3/c1-18-11-14(16-7-4-10-19-16)9-8-13-12-20-17-6-3-2-5-15(13)17/h2-3,5-6,9,11-12,16,19-20H,4,7-8,10H2,1H3/b14-9+,18-11?. The highest BCUT2D eigenvalue weighted by atomic mass is 14.9. The van der Waals surface area contributed by atoms with Crippen LogP contribution in [0.15, 0.2) is 47.1 Å². The monoisotopic (exact) mass is 267 g/mol. The first kappa shape index (κ1) is 13.1. The Balaban J connectivity index is 1.83. The molecule has 1 unspecified atom stereocenters. The van der Waals surface area contributed by atoms with E-state index in [9.17, 15) is 0 Å². The van der Waals surface area contributed by atoms with Gasteiger partial charge >= 0.3 is 0 Å². The van der Waals surface area contributed by atoms with Crippen LogP contribution in [0.1, 0.15) is 18.4 Å². The Morgan fingerprint density at radius 3 is 3.10 bits per heavy atom. The molecule has 0 radical (unpaired) electrons. The summed E-state index contributed by atoms with van der Waals surface area (Å²) in [5.41, 5.74) is 3.87. The van der Waals surface area contributed by atoms with Gasteiger partial charge in [0.1, 0.15) is 0 Å². The number of aromatic amines is 1. The van der Waals surface area contributed by atoms with Crippen molar-refractivity contribution in [3.05, 3.63) is 47.7 Å². The van der Waals surface area contributed by atoms with Crippen molar-refractivity contribution in [1.82, 2.24) is 10.3 Å². The van der Waals surface area contributed by atoms with Crippen molar-refractivity contribution in [2.24, 2.45) is 4.99 Å². The Morgan fingerprint density at radius 1 is 1.40 bits per heavy atom. The highest BCUT2D eigenvalue weighted by Gasteiger charge is 2.17. The van der Waals surface area contributed by atoms with E-state index in [4.69, 9.17) is 0 Å². The Bertz CT molecular complexity index is 630. The van der Waals surface area contributed by atoms with Gasteiger partial charge in [-0.25, -0.2) is 0 Å². The Morgan fingerprint density at radius 2 is 2.30 bits per heavy atom. The lowest BCUT2D eigenvalue weighted by Gasteiger charge is -2.11. The molecule has 3 nitrogen and oxygen atoms in total. The summed E-state index contributed by atoms with van der Waals surface area (Å²) < 4.78 is 0. The topological polar surface area (TPSA) is 40.2 Å². The summed E-state index contributed by atoms with van der Waals surface area (Å²) >= 11 is 0. The number of H-pyrrole nitrogens is 1. The number of nitrogens with zero attached hydrogens (tertiary/aromatic N) is 1. The number of rotatable bonds is 4. The molecule has 0 amide bonds. The van der Waals surface area contributed by atoms with Gasteiger partial charge in [-0.05, 0) is 43.0 Å². The molecule has 2 aromatic rings. The third-order valence-electron chi connectivity index (χ3n) is 3.97. The van der Waals surface area contributed by atoms with E-state index >= 15 is 0 Å². The van der Waals surface area contributed by atoms with E-state index in [0.29, 0.717) is 6.04 Å². The molecule has 1 aliphatic heterocycles. The molecule has 1 aromatic heterocycles. The van der Waals surface area contributed by atoms with E-state index in [2.05, 4.69) is 51.8 Å². The zero-order chi connectivity index (χ0) is 13.8. The molecule has 1 aromatic carbocycles. The molecule has 3 heteroatoms. The lowest BCUT2D eigenvalue weighted by Crippen LogP contribution is -2.24.